The van der Waals surface area contributed by atoms with Gasteiger partial charge in [-0.25, -0.2) is 40.4 Å². The summed E-state index contributed by atoms with van der Waals surface area (Å²) in [5.74, 6) is -0.227. The Morgan fingerprint density at radius 3 is 0.887 bits per heavy atom. The Bertz CT molecular complexity index is 8380. The number of Topliss-reactive ketones (excluding diaryl/α,β-unsaturated/α-hetero) is 4. The molecule has 0 saturated heterocycles. The molecule has 42 heteroatoms. The highest BCUT2D eigenvalue weighted by atomic mass is 32.1. The van der Waals surface area contributed by atoms with Crippen molar-refractivity contribution in [2.45, 2.75) is 129 Å². The number of hydrogen-bond acceptors (Lipinski definition) is 34. The Morgan fingerprint density at radius 1 is 0.340 bits per heavy atom. The van der Waals surface area contributed by atoms with E-state index in [9.17, 15) is 45.5 Å². The van der Waals surface area contributed by atoms with E-state index in [1.807, 2.05) is 132 Å². The van der Waals surface area contributed by atoms with Gasteiger partial charge in [0.2, 0.25) is 54.8 Å². The molecule has 150 heavy (non-hydrogen) atoms. The number of rotatable bonds is 8. The number of amidine groups is 2. The lowest BCUT2D eigenvalue weighted by molar-refractivity contribution is -0.138. The number of alkyl halides is 6. The summed E-state index contributed by atoms with van der Waals surface area (Å²) in [5.41, 5.74) is 1.54. The van der Waals surface area contributed by atoms with Crippen LogP contribution in [0.3, 0.4) is 0 Å². The summed E-state index contributed by atoms with van der Waals surface area (Å²) in [5, 5.41) is 58.9. The fourth-order valence-corrected chi connectivity index (χ4v) is 28.6. The number of carbonyl (C=O) groups excluding carboxylic acids is 4. The number of thiophene rings is 2. The second-order valence-electron chi connectivity index (χ2n) is 38.9. The topological polar surface area (TPSA) is 402 Å². The van der Waals surface area contributed by atoms with Crippen LogP contribution >= 0.6 is 90.7 Å². The number of hydrogen-bond donors (Lipinski definition) is 0. The summed E-state index contributed by atoms with van der Waals surface area (Å²) in [6, 6.07) is 23.4. The smallest absolute Gasteiger partial charge is 0.416 e. The molecule has 14 heterocycles. The predicted molar refractivity (Wildman–Crippen MR) is 554 cm³/mol. The minimum Gasteiger partial charge on any atom is -0.481 e. The summed E-state index contributed by atoms with van der Waals surface area (Å²) in [4.78, 5) is 110. The summed E-state index contributed by atoms with van der Waals surface area (Å²) in [7, 11) is 0. The number of halogens is 6. The van der Waals surface area contributed by atoms with Crippen LogP contribution in [0.5, 0.6) is 0 Å². The van der Waals surface area contributed by atoms with Crippen LogP contribution in [0.25, 0.3) is 86.2 Å². The van der Waals surface area contributed by atoms with Crippen molar-refractivity contribution >= 4 is 214 Å². The molecule has 0 saturated carbocycles. The van der Waals surface area contributed by atoms with Crippen LogP contribution in [0.4, 0.5) is 46.6 Å². The molecule has 24 rings (SSSR count). The first-order valence-corrected chi connectivity index (χ1v) is 52.3. The van der Waals surface area contributed by atoms with Crippen LogP contribution in [-0.2, 0) is 84.0 Å². The number of thiazole rings is 6. The van der Waals surface area contributed by atoms with Crippen LogP contribution < -0.4 is 0 Å². The summed E-state index contributed by atoms with van der Waals surface area (Å²) in [6.45, 7) is 37.4. The van der Waals surface area contributed by atoms with Crippen LogP contribution in [0, 0.1) is 117 Å². The molecule has 8 aliphatic carbocycles. The molecular formula is C108H66F6N18O10S8. The van der Waals surface area contributed by atoms with Crippen molar-refractivity contribution in [2.75, 3.05) is 0 Å². The Kier molecular flexibility index (Phi) is 23.1. The number of allylic oxidation sites excluding steroid dienone is 20. The van der Waals surface area contributed by atoms with Gasteiger partial charge in [0.25, 0.3) is 0 Å². The van der Waals surface area contributed by atoms with Gasteiger partial charge in [-0.3, -0.25) is 19.2 Å². The third kappa shape index (κ3) is 16.8. The highest BCUT2D eigenvalue weighted by Crippen LogP contribution is 2.61. The molecule has 0 N–H and O–H groups in total. The number of carbonyl (C=O) groups is 4. The van der Waals surface area contributed by atoms with Crippen molar-refractivity contribution < 1.29 is 73.9 Å². The Labute approximate surface area is 881 Å². The summed E-state index contributed by atoms with van der Waals surface area (Å²) >= 11 is 11.1. The van der Waals surface area contributed by atoms with Crippen molar-refractivity contribution in [1.29, 1.82) is 31.6 Å². The highest BCUT2D eigenvalue weighted by Gasteiger charge is 2.52. The van der Waals surface area contributed by atoms with E-state index in [1.54, 1.807) is 59.1 Å². The van der Waals surface area contributed by atoms with E-state index in [-0.39, 0.29) is 92.0 Å². The molecule has 0 amide bonds. The zero-order chi connectivity index (χ0) is 106. The standard InChI is InChI=1S/C44H26F6N2O6S2.C36H22N8O2S4.C28H18N8O2S2/c1-41(2)39-37(59-31(51-39)15-25-23-13-19(43(45,46)47)5-7-21(23)33(53)35(25)55)27-9-18-12-30-28(10-17(18)11-29(27)57-41)38-40(42(3,4)58-30)52-32(60-38)16-26-24-14-20(44(48,49)50)6-8-22(24)34(54)36(26)56;1-35(2)31-29(49-33(43-31)23-7-9-27(47-23)41-25(15-37)39-5)19-11-18-14-22-20(12-17(18)13-21(19)45-35)30-32(36(3,4)46-22)44-34(50-30)24-8-10-28(48-24)42-26(16-38)40-6;1-27(2)23-21(39-25(35-23)33-15(9-29)10-30)17-5-14-8-20-18(6-13(14)7-19(17)37-27)22-24(28(3,4)38-20)36-26(40-22)34-16(11-31)12-32/h5-18H,1-4H3;7-14,17-18H,1-4H3;5-8,13-14H,1-4H3/b25-15-,26-16-;;. The monoisotopic (exact) mass is 2140 g/mol. The van der Waals surface area contributed by atoms with Crippen molar-refractivity contribution in [2.24, 2.45) is 55.5 Å². The van der Waals surface area contributed by atoms with Gasteiger partial charge in [0.15, 0.2) is 0 Å². The fourth-order valence-electron chi connectivity index (χ4n) is 19.6. The van der Waals surface area contributed by atoms with Gasteiger partial charge in [-0.15, -0.1) is 45.3 Å². The number of nitriles is 6. The lowest BCUT2D eigenvalue weighted by atomic mass is 9.77. The van der Waals surface area contributed by atoms with Gasteiger partial charge >= 0.3 is 24.0 Å². The first kappa shape index (κ1) is 98.3. The molecular weight excluding hydrogens is 2080 g/mol. The Hall–Kier alpha value is -16.4. The number of ether oxygens (including phenoxy) is 6. The van der Waals surface area contributed by atoms with Crippen LogP contribution in [-0.4, -0.2) is 76.1 Å². The largest absolute Gasteiger partial charge is 0.481 e. The van der Waals surface area contributed by atoms with E-state index in [1.165, 1.54) is 80.2 Å². The number of nitrogens with zero attached hydrogens (tertiary/aromatic N) is 18. The number of aromatic nitrogens is 6. The van der Waals surface area contributed by atoms with Crippen molar-refractivity contribution in [3.8, 4) is 56.2 Å². The highest BCUT2D eigenvalue weighted by molar-refractivity contribution is 7.25. The minimum atomic E-state index is -4.68. The Morgan fingerprint density at radius 2 is 0.613 bits per heavy atom. The quantitative estimate of drug-likeness (QED) is 0.0340. The van der Waals surface area contributed by atoms with Gasteiger partial charge in [-0.05, 0) is 203 Å². The molecule has 6 atom stereocenters. The van der Waals surface area contributed by atoms with E-state index < -0.39 is 80.2 Å². The van der Waals surface area contributed by atoms with Gasteiger partial charge in [-0.2, -0.15) is 57.4 Å². The average Bonchev–Trinajstić information content (AvgIpc) is 1.48. The van der Waals surface area contributed by atoms with Gasteiger partial charge in [0.1, 0.15) is 159 Å². The van der Waals surface area contributed by atoms with Gasteiger partial charge < -0.3 is 38.1 Å². The number of benzene rings is 2. The normalized spacial score (nSPS) is 22.1. The number of ketones is 4. The molecule has 0 spiro atoms. The molecule has 28 nitrogen and oxygen atoms in total. The van der Waals surface area contributed by atoms with Crippen molar-refractivity contribution in [3.05, 3.63) is 298 Å². The van der Waals surface area contributed by atoms with E-state index in [4.69, 9.17) is 93.1 Å². The van der Waals surface area contributed by atoms with Gasteiger partial charge in [-0.1, -0.05) is 105 Å². The molecule has 6 aliphatic heterocycles. The minimum absolute atomic E-state index is 0.0236. The average molecular weight is 2150 g/mol. The van der Waals surface area contributed by atoms with E-state index >= 15 is 0 Å². The van der Waals surface area contributed by atoms with E-state index in [0.29, 0.717) is 64.6 Å². The fraction of sp³-hybridized carbons (Fsp3) is 0.241. The first-order valence-electron chi connectivity index (χ1n) is 45.8. The van der Waals surface area contributed by atoms with Crippen LogP contribution in [0.1, 0.15) is 199 Å². The summed E-state index contributed by atoms with van der Waals surface area (Å²) < 4.78 is 121. The summed E-state index contributed by atoms with van der Waals surface area (Å²) in [6.07, 6.45) is 18.7. The molecule has 10 aromatic rings. The second kappa shape index (κ2) is 35.2. The van der Waals surface area contributed by atoms with Gasteiger partial charge in [0, 0.05) is 91.2 Å². The molecule has 0 fully saturated rings. The van der Waals surface area contributed by atoms with Crippen molar-refractivity contribution in [3.63, 3.8) is 0 Å². The molecule has 14 aliphatic rings. The van der Waals surface area contributed by atoms with Crippen molar-refractivity contribution in [1.82, 2.24) is 29.9 Å². The molecule has 6 unspecified atom stereocenters. The molecule has 738 valence electrons. The SMILES string of the molecule is CC1(C)OC2=CC3C=C4C(=CC3C=C2c2sc(/C=C3\C(=O)C(=O)c5ccc(C(F)(F)F)cc53)nc21)OC(C)(C)c1nc(/C=C2\C(=O)C(=O)c3ccc(C(F)(F)F)cc32)sc14.CC1(C)OC2=CC3C=C4C(=CC3C=C2c2sc(N=C(C#N)C#N)nc21)OC(C)(C)c1nc(N=C(C#N)C#N)sc14.[C-]#[N+]C(C#N)=Nc1ccc(-c2nc3c(s2)C2=CC4C=C5OC(C)(C)c6nc(-c7ccc(N=C(C#N)[N+]#[C-])s7)sc6C5=CC4C=C2OC3(C)C)s1. The van der Waals surface area contributed by atoms with Gasteiger partial charge in [0.05, 0.1) is 50.1 Å². The zero-order valence-electron chi connectivity index (χ0n) is 80.0. The number of aliphatic imine (C=N–C) groups is 4. The lowest BCUT2D eigenvalue weighted by Crippen LogP contribution is -2.32. The third-order valence-corrected chi connectivity index (χ3v) is 35.0. The maximum Gasteiger partial charge on any atom is 0.416 e. The van der Waals surface area contributed by atoms with Crippen LogP contribution in [0.15, 0.2) is 188 Å². The lowest BCUT2D eigenvalue weighted by Gasteiger charge is -2.40. The molecule has 0 radical (unpaired) electrons. The first-order chi connectivity index (χ1) is 71.1. The maximum atomic E-state index is 13.6. The Balaban J connectivity index is 0.000000130. The molecule has 0 bridgehead atoms. The van der Waals surface area contributed by atoms with Crippen LogP contribution in [0.2, 0.25) is 0 Å². The predicted octanol–water partition coefficient (Wildman–Crippen LogP) is 26.2. The maximum absolute atomic E-state index is 13.6. The third-order valence-electron chi connectivity index (χ3n) is 26.5. The molecule has 8 aromatic heterocycles. The second-order valence-corrected chi connectivity index (χ2v) is 47.1. The zero-order valence-corrected chi connectivity index (χ0v) is 86.5. The van der Waals surface area contributed by atoms with E-state index in [0.717, 1.165) is 153 Å². The molecule has 2 aromatic carbocycles. The number of fused-ring (bicyclic) bond motifs is 23. The van der Waals surface area contributed by atoms with E-state index in [2.05, 4.69) is 88.2 Å².